The number of carbonyl (C=O) groups is 1. The Bertz CT molecular complexity index is 1930. The molecule has 87 heavy (non-hydrogen) atoms. The molecule has 0 saturated carbocycles. The molecule has 0 heterocycles. The minimum absolute atomic E-state index is 0.0527. The number of hydrogen-bond donors (Lipinski definition) is 3. The van der Waals surface area contributed by atoms with E-state index >= 15 is 0 Å². The van der Waals surface area contributed by atoms with Gasteiger partial charge in [0.25, 0.3) is 0 Å². The molecule has 3 N–H and O–H groups in total. The van der Waals surface area contributed by atoms with Crippen LogP contribution in [0, 0.1) is 0 Å². The molecule has 3 unspecified atom stereocenters. The van der Waals surface area contributed by atoms with Crippen molar-refractivity contribution in [2.75, 3.05) is 40.9 Å². The molecule has 0 bridgehead atoms. The van der Waals surface area contributed by atoms with Crippen LogP contribution in [0.5, 0.6) is 0 Å². The third-order valence-electron chi connectivity index (χ3n) is 15.3. The first kappa shape index (κ1) is 83.4. The van der Waals surface area contributed by atoms with E-state index in [1.165, 1.54) is 148 Å². The summed E-state index contributed by atoms with van der Waals surface area (Å²) in [5.74, 6) is -0.191. The van der Waals surface area contributed by atoms with Gasteiger partial charge in [-0.15, -0.1) is 0 Å². The summed E-state index contributed by atoms with van der Waals surface area (Å²) in [6.45, 7) is 4.71. The van der Waals surface area contributed by atoms with Crippen LogP contribution < -0.4 is 5.32 Å². The fourth-order valence-corrected chi connectivity index (χ4v) is 10.5. The summed E-state index contributed by atoms with van der Waals surface area (Å²) in [7, 11) is 1.55. The zero-order valence-electron chi connectivity index (χ0n) is 57.0. The monoisotopic (exact) mass is 1230 g/mol. The second-order valence-corrected chi connectivity index (χ2v) is 26.3. The van der Waals surface area contributed by atoms with Crippen molar-refractivity contribution in [2.24, 2.45) is 0 Å². The highest BCUT2D eigenvalue weighted by Crippen LogP contribution is 2.43. The highest BCUT2D eigenvalue weighted by Gasteiger charge is 2.28. The summed E-state index contributed by atoms with van der Waals surface area (Å²) in [6.07, 6.45) is 103. The van der Waals surface area contributed by atoms with Crippen LogP contribution in [0.25, 0.3) is 0 Å². The quantitative estimate of drug-likeness (QED) is 0.0243. The number of rotatable bonds is 64. The van der Waals surface area contributed by atoms with Crippen LogP contribution >= 0.6 is 7.82 Å². The predicted molar refractivity (Wildman–Crippen MR) is 382 cm³/mol. The maximum absolute atomic E-state index is 13.1. The van der Waals surface area contributed by atoms with Crippen molar-refractivity contribution in [1.29, 1.82) is 0 Å². The van der Waals surface area contributed by atoms with Gasteiger partial charge in [-0.05, 0) is 103 Å². The Balaban J connectivity index is 4.16. The van der Waals surface area contributed by atoms with Crippen molar-refractivity contribution in [3.63, 3.8) is 0 Å². The van der Waals surface area contributed by atoms with Crippen molar-refractivity contribution in [2.45, 2.75) is 302 Å². The highest BCUT2D eigenvalue weighted by atomic mass is 31.2. The number of phosphoric acid groups is 1. The van der Waals surface area contributed by atoms with Gasteiger partial charge in [-0.2, -0.15) is 0 Å². The fraction of sp³-hybridized carbons (Fsp3) is 0.679. The first-order valence-corrected chi connectivity index (χ1v) is 37.2. The molecule has 0 aromatic heterocycles. The molecule has 0 rings (SSSR count). The van der Waals surface area contributed by atoms with Gasteiger partial charge in [0, 0.05) is 6.42 Å². The van der Waals surface area contributed by atoms with E-state index in [1.807, 2.05) is 27.2 Å². The molecular weight excluding hydrogens is 1090 g/mol. The van der Waals surface area contributed by atoms with E-state index in [-0.39, 0.29) is 19.1 Å². The van der Waals surface area contributed by atoms with Gasteiger partial charge in [0.2, 0.25) is 5.91 Å². The van der Waals surface area contributed by atoms with E-state index in [0.717, 1.165) is 122 Å². The number of likely N-dealkylation sites (N-methyl/N-ethyl adjacent to an activating group) is 1. The topological polar surface area (TPSA) is 105 Å². The highest BCUT2D eigenvalue weighted by molar-refractivity contribution is 7.47. The van der Waals surface area contributed by atoms with E-state index in [2.05, 4.69) is 153 Å². The third-order valence-corrected chi connectivity index (χ3v) is 16.3. The third kappa shape index (κ3) is 69.7. The molecule has 0 fully saturated rings. The number of aliphatic hydroxyl groups is 1. The molecule has 8 nitrogen and oxygen atoms in total. The standard InChI is InChI=1S/C78H135N2O6P/c1-6-8-10-12-14-16-18-20-22-24-26-28-30-32-33-34-35-36-37-38-39-40-41-42-43-44-45-46-47-48-50-52-54-56-58-60-62-64-66-68-70-72-78(82)79-76(75-86-87(83,84)85-74-73-80(3,4)5)77(81)71-69-67-65-63-61-59-57-55-53-51-49-31-29-27-25-23-21-19-17-15-13-11-9-7-2/h8,10,14,16,20,22,26,28,32-33,35-36,38-39,41-42,44-45,47-48,52,54,69,71,76-77,81H,6-7,9,11-13,15,17-19,21,23-25,27,29-31,34,37,40,43,46,49-51,53,55-68,70,72-75H2,1-5H3,(H-,79,82,83,84)/p+1/b10-8-,16-14-,22-20-,28-26-,33-32-,36-35-,39-38-,42-41-,45-44-,48-47-,54-52-,71-69+. The van der Waals surface area contributed by atoms with E-state index in [1.54, 1.807) is 6.08 Å². The number of phosphoric ester groups is 1. The Kier molecular flexibility index (Phi) is 64.0. The van der Waals surface area contributed by atoms with Gasteiger partial charge in [0.15, 0.2) is 0 Å². The molecule has 0 aliphatic rings. The number of hydrogen-bond acceptors (Lipinski definition) is 5. The summed E-state index contributed by atoms with van der Waals surface area (Å²) in [5, 5.41) is 14.0. The minimum atomic E-state index is -4.37. The molecule has 0 aliphatic carbocycles. The van der Waals surface area contributed by atoms with Gasteiger partial charge in [0.1, 0.15) is 13.2 Å². The Morgan fingerprint density at radius 1 is 0.402 bits per heavy atom. The smallest absolute Gasteiger partial charge is 0.387 e. The van der Waals surface area contributed by atoms with Gasteiger partial charge in [-0.3, -0.25) is 13.8 Å². The Labute approximate surface area is 538 Å². The molecule has 9 heteroatoms. The van der Waals surface area contributed by atoms with Crippen LogP contribution in [0.2, 0.25) is 0 Å². The molecule has 3 atom stereocenters. The van der Waals surface area contributed by atoms with Gasteiger partial charge in [0.05, 0.1) is 39.9 Å². The summed E-state index contributed by atoms with van der Waals surface area (Å²) in [5.41, 5.74) is 0. The minimum Gasteiger partial charge on any atom is -0.387 e. The SMILES string of the molecule is CC/C=C\C/C=C\C/C=C\C/C=C\C/C=C\C/C=C\C/C=C\C/C=C\C/C=C\C/C=C\C/C=C\CCCCCCCCCC(=O)NC(COP(=O)(O)OCC[N+](C)(C)C)C(O)/C=C/CCCCCCCCCCCCCCCCCCCCCCCC. The molecular formula is C78H136N2O6P+. The summed E-state index contributed by atoms with van der Waals surface area (Å²) in [6, 6.07) is -0.864. The van der Waals surface area contributed by atoms with Gasteiger partial charge in [-0.25, -0.2) is 4.57 Å². The average molecular weight is 1230 g/mol. The van der Waals surface area contributed by atoms with Gasteiger partial charge < -0.3 is 19.8 Å². The molecule has 0 aliphatic heterocycles. The lowest BCUT2D eigenvalue weighted by Crippen LogP contribution is -2.45. The second kappa shape index (κ2) is 66.8. The summed E-state index contributed by atoms with van der Waals surface area (Å²) in [4.78, 5) is 23.4. The van der Waals surface area contributed by atoms with Crippen LogP contribution in [-0.4, -0.2) is 73.4 Å². The summed E-state index contributed by atoms with van der Waals surface area (Å²) < 4.78 is 23.8. The lowest BCUT2D eigenvalue weighted by atomic mass is 10.0. The Morgan fingerprint density at radius 3 is 1.01 bits per heavy atom. The van der Waals surface area contributed by atoms with Gasteiger partial charge >= 0.3 is 7.82 Å². The number of amides is 1. The number of nitrogens with one attached hydrogen (secondary N) is 1. The van der Waals surface area contributed by atoms with Crippen LogP contribution in [0.1, 0.15) is 290 Å². The van der Waals surface area contributed by atoms with Crippen molar-refractivity contribution in [1.82, 2.24) is 5.32 Å². The lowest BCUT2D eigenvalue weighted by molar-refractivity contribution is -0.870. The van der Waals surface area contributed by atoms with Crippen molar-refractivity contribution < 1.29 is 32.9 Å². The molecule has 0 radical (unpaired) electrons. The number of quaternary nitrogens is 1. The summed E-state index contributed by atoms with van der Waals surface area (Å²) >= 11 is 0. The Morgan fingerprint density at radius 2 is 0.690 bits per heavy atom. The number of allylic oxidation sites excluding steroid dienone is 23. The van der Waals surface area contributed by atoms with Crippen LogP contribution in [0.4, 0.5) is 0 Å². The van der Waals surface area contributed by atoms with E-state index < -0.39 is 20.0 Å². The maximum atomic E-state index is 13.1. The molecule has 498 valence electrons. The zero-order chi connectivity index (χ0) is 63.4. The normalized spacial score (nSPS) is 14.5. The van der Waals surface area contributed by atoms with Crippen LogP contribution in [-0.2, 0) is 18.4 Å². The first-order chi connectivity index (χ1) is 42.5. The van der Waals surface area contributed by atoms with E-state index in [0.29, 0.717) is 17.4 Å². The lowest BCUT2D eigenvalue weighted by Gasteiger charge is -2.25. The fourth-order valence-electron chi connectivity index (χ4n) is 9.81. The maximum Gasteiger partial charge on any atom is 0.472 e. The van der Waals surface area contributed by atoms with Crippen molar-refractivity contribution in [3.05, 3.63) is 146 Å². The Hall–Kier alpha value is -3.62. The van der Waals surface area contributed by atoms with E-state index in [4.69, 9.17) is 9.05 Å². The molecule has 1 amide bonds. The van der Waals surface area contributed by atoms with Crippen LogP contribution in [0.15, 0.2) is 146 Å². The number of aliphatic hydroxyl groups excluding tert-OH is 1. The molecule has 0 aromatic carbocycles. The largest absolute Gasteiger partial charge is 0.472 e. The van der Waals surface area contributed by atoms with Crippen molar-refractivity contribution >= 4 is 13.7 Å². The molecule has 0 saturated heterocycles. The van der Waals surface area contributed by atoms with Crippen LogP contribution in [0.3, 0.4) is 0 Å². The van der Waals surface area contributed by atoms with Gasteiger partial charge in [-0.1, -0.05) is 327 Å². The molecule has 0 aromatic rings. The van der Waals surface area contributed by atoms with E-state index in [9.17, 15) is 19.4 Å². The first-order valence-electron chi connectivity index (χ1n) is 35.7. The predicted octanol–water partition coefficient (Wildman–Crippen LogP) is 23.2. The van der Waals surface area contributed by atoms with Crippen molar-refractivity contribution in [3.8, 4) is 0 Å². The number of carbonyl (C=O) groups excluding carboxylic acids is 1. The zero-order valence-corrected chi connectivity index (χ0v) is 57.9. The second-order valence-electron chi connectivity index (χ2n) is 24.9. The number of unbranched alkanes of at least 4 members (excludes halogenated alkanes) is 29. The number of nitrogens with zero attached hydrogens (tertiary/aromatic N) is 1. The molecule has 0 spiro atoms. The average Bonchev–Trinajstić information content (AvgIpc) is 3.71.